The molecular weight excluding hydrogens is 360 g/mol. The van der Waals surface area contributed by atoms with Gasteiger partial charge >= 0.3 is 0 Å². The van der Waals surface area contributed by atoms with Crippen LogP contribution in [0.25, 0.3) is 0 Å². The van der Waals surface area contributed by atoms with E-state index in [2.05, 4.69) is 38.1 Å². The van der Waals surface area contributed by atoms with Gasteiger partial charge in [0.2, 0.25) is 0 Å². The minimum atomic E-state index is 0.751. The molecule has 30 heavy (non-hydrogen) atoms. The van der Waals surface area contributed by atoms with E-state index in [4.69, 9.17) is 0 Å². The number of benzene rings is 1. The van der Waals surface area contributed by atoms with E-state index in [0.29, 0.717) is 0 Å². The van der Waals surface area contributed by atoms with E-state index in [9.17, 15) is 0 Å². The number of fused-ring (bicyclic) bond motifs is 3. The summed E-state index contributed by atoms with van der Waals surface area (Å²) in [4.78, 5) is 0. The lowest BCUT2D eigenvalue weighted by Crippen LogP contribution is -2.46. The van der Waals surface area contributed by atoms with Crippen LogP contribution in [-0.4, -0.2) is 0 Å². The third kappa shape index (κ3) is 4.99. The van der Waals surface area contributed by atoms with Gasteiger partial charge in [0.25, 0.3) is 0 Å². The van der Waals surface area contributed by atoms with Crippen LogP contribution in [0.5, 0.6) is 0 Å². The maximum atomic E-state index is 2.47. The molecule has 2 bridgehead atoms. The average molecular weight is 409 g/mol. The zero-order valence-electron chi connectivity index (χ0n) is 20.2. The molecule has 4 aliphatic rings. The smallest absolute Gasteiger partial charge is 0.0162 e. The Balaban J connectivity index is 1.26. The van der Waals surface area contributed by atoms with E-state index < -0.39 is 0 Å². The molecule has 4 fully saturated rings. The molecule has 0 unspecified atom stereocenters. The molecule has 5 rings (SSSR count). The molecule has 0 saturated heterocycles. The molecular formula is C30H48. The number of hydrogen-bond acceptors (Lipinski definition) is 0. The molecule has 0 nitrogen and oxygen atoms in total. The fourth-order valence-corrected chi connectivity index (χ4v) is 7.60. The fraction of sp³-hybridized carbons (Fsp3) is 0.800. The molecule has 0 heterocycles. The highest BCUT2D eigenvalue weighted by molar-refractivity contribution is 5.26. The first kappa shape index (κ1) is 22.4. The number of aryl methyl sites for hydroxylation is 1. The second kappa shape index (κ2) is 10.2. The largest absolute Gasteiger partial charge is 0.0654 e. The van der Waals surface area contributed by atoms with Crippen molar-refractivity contribution >= 4 is 0 Å². The molecule has 0 atom stereocenters. The minimum absolute atomic E-state index is 0.751. The van der Waals surface area contributed by atoms with Crippen LogP contribution in [0.2, 0.25) is 0 Å². The van der Waals surface area contributed by atoms with Crippen molar-refractivity contribution in [2.24, 2.45) is 16.7 Å². The van der Waals surface area contributed by atoms with Gasteiger partial charge in [-0.1, -0.05) is 70.2 Å². The van der Waals surface area contributed by atoms with Gasteiger partial charge < -0.3 is 0 Å². The summed E-state index contributed by atoms with van der Waals surface area (Å²) in [6, 6.07) is 9.79. The lowest BCUT2D eigenvalue weighted by Gasteiger charge is -2.58. The Bertz CT molecular complexity index is 606. The minimum Gasteiger partial charge on any atom is -0.0654 e. The zero-order chi connectivity index (χ0) is 20.9. The van der Waals surface area contributed by atoms with E-state index in [1.54, 1.807) is 49.7 Å². The second-order valence-corrected chi connectivity index (χ2v) is 11.6. The van der Waals surface area contributed by atoms with Crippen LogP contribution in [0, 0.1) is 16.7 Å². The molecule has 168 valence electrons. The Morgan fingerprint density at radius 1 is 0.700 bits per heavy atom. The van der Waals surface area contributed by atoms with Crippen molar-refractivity contribution in [3.05, 3.63) is 35.4 Å². The van der Waals surface area contributed by atoms with E-state index >= 15 is 0 Å². The Hall–Kier alpha value is -0.780. The Labute approximate surface area is 187 Å². The van der Waals surface area contributed by atoms with Crippen molar-refractivity contribution in [3.63, 3.8) is 0 Å². The van der Waals surface area contributed by atoms with Crippen molar-refractivity contribution in [3.8, 4) is 0 Å². The number of rotatable bonds is 10. The Kier molecular flexibility index (Phi) is 7.64. The standard InChI is InChI=1S/C30H48/c1-3-5-7-9-25-10-12-26(13-11-25)27-14-16-28(17-15-27)30-22-19-29(20-23-30,21-24-30)18-8-6-4-2/h10-13,27-28H,3-9,14-24H2,1-2H3. The van der Waals surface area contributed by atoms with E-state index in [0.717, 1.165) is 22.7 Å². The summed E-state index contributed by atoms with van der Waals surface area (Å²) in [6.45, 7) is 4.65. The van der Waals surface area contributed by atoms with Gasteiger partial charge in [-0.15, -0.1) is 0 Å². The van der Waals surface area contributed by atoms with Crippen LogP contribution >= 0.6 is 0 Å². The molecule has 1 aromatic rings. The fourth-order valence-electron chi connectivity index (χ4n) is 7.60. The molecule has 1 aromatic carbocycles. The average Bonchev–Trinajstić information content (AvgIpc) is 2.81. The maximum Gasteiger partial charge on any atom is -0.0162 e. The van der Waals surface area contributed by atoms with Gasteiger partial charge in [0.05, 0.1) is 0 Å². The molecule has 0 heteroatoms. The van der Waals surface area contributed by atoms with E-state index in [-0.39, 0.29) is 0 Å². The van der Waals surface area contributed by atoms with Gasteiger partial charge in [0.1, 0.15) is 0 Å². The summed E-state index contributed by atoms with van der Waals surface area (Å²) in [5, 5.41) is 0. The highest BCUT2D eigenvalue weighted by atomic mass is 14.6. The van der Waals surface area contributed by atoms with Gasteiger partial charge in [-0.05, 0) is 117 Å². The molecule has 0 amide bonds. The highest BCUT2D eigenvalue weighted by Gasteiger charge is 2.51. The summed E-state index contributed by atoms with van der Waals surface area (Å²) in [7, 11) is 0. The van der Waals surface area contributed by atoms with Gasteiger partial charge in [-0.25, -0.2) is 0 Å². The molecule has 0 aromatic heterocycles. The lowest BCUT2D eigenvalue weighted by molar-refractivity contribution is -0.0630. The number of hydrogen-bond donors (Lipinski definition) is 0. The van der Waals surface area contributed by atoms with Gasteiger partial charge in [-0.3, -0.25) is 0 Å². The topological polar surface area (TPSA) is 0 Å². The van der Waals surface area contributed by atoms with Crippen LogP contribution in [0.1, 0.15) is 140 Å². The van der Waals surface area contributed by atoms with Crippen molar-refractivity contribution in [1.82, 2.24) is 0 Å². The molecule has 4 aliphatic carbocycles. The first-order valence-corrected chi connectivity index (χ1v) is 13.8. The quantitative estimate of drug-likeness (QED) is 0.338. The Morgan fingerprint density at radius 3 is 1.90 bits per heavy atom. The van der Waals surface area contributed by atoms with Crippen molar-refractivity contribution in [2.45, 2.75) is 135 Å². The van der Waals surface area contributed by atoms with Crippen molar-refractivity contribution in [1.29, 1.82) is 0 Å². The van der Waals surface area contributed by atoms with Crippen LogP contribution < -0.4 is 0 Å². The summed E-state index contributed by atoms with van der Waals surface area (Å²) in [5.74, 6) is 1.87. The summed E-state index contributed by atoms with van der Waals surface area (Å²) >= 11 is 0. The Morgan fingerprint density at radius 2 is 1.30 bits per heavy atom. The molecule has 0 N–H and O–H groups in total. The van der Waals surface area contributed by atoms with Crippen LogP contribution in [0.15, 0.2) is 24.3 Å². The van der Waals surface area contributed by atoms with E-state index in [1.165, 1.54) is 77.0 Å². The summed E-state index contributed by atoms with van der Waals surface area (Å²) < 4.78 is 0. The molecule has 0 radical (unpaired) electrons. The monoisotopic (exact) mass is 408 g/mol. The number of unbranched alkanes of at least 4 members (excludes halogenated alkanes) is 4. The predicted molar refractivity (Wildman–Crippen MR) is 131 cm³/mol. The second-order valence-electron chi connectivity index (χ2n) is 11.6. The summed E-state index contributed by atoms with van der Waals surface area (Å²) in [6.07, 6.45) is 26.5. The van der Waals surface area contributed by atoms with Crippen molar-refractivity contribution < 1.29 is 0 Å². The summed E-state index contributed by atoms with van der Waals surface area (Å²) in [5.41, 5.74) is 4.70. The normalized spacial score (nSPS) is 33.7. The molecule has 4 saturated carbocycles. The zero-order valence-corrected chi connectivity index (χ0v) is 20.2. The first-order chi connectivity index (χ1) is 14.7. The SMILES string of the molecule is CCCCCc1ccc(C2CCC(C34CCC(CCCCC)(CC3)CC4)CC2)cc1. The van der Waals surface area contributed by atoms with Gasteiger partial charge in [-0.2, -0.15) is 0 Å². The lowest BCUT2D eigenvalue weighted by atomic mass is 9.47. The van der Waals surface area contributed by atoms with Gasteiger partial charge in [0.15, 0.2) is 0 Å². The predicted octanol–water partition coefficient (Wildman–Crippen LogP) is 9.61. The maximum absolute atomic E-state index is 2.47. The third-order valence-corrected chi connectivity index (χ3v) is 9.88. The van der Waals surface area contributed by atoms with Crippen LogP contribution in [0.4, 0.5) is 0 Å². The molecule has 0 spiro atoms. The van der Waals surface area contributed by atoms with Crippen LogP contribution in [0.3, 0.4) is 0 Å². The van der Waals surface area contributed by atoms with E-state index in [1.807, 2.05) is 0 Å². The highest BCUT2D eigenvalue weighted by Crippen LogP contribution is 2.63. The molecule has 0 aliphatic heterocycles. The van der Waals surface area contributed by atoms with Gasteiger partial charge in [0, 0.05) is 0 Å². The first-order valence-electron chi connectivity index (χ1n) is 13.8. The van der Waals surface area contributed by atoms with Crippen molar-refractivity contribution in [2.75, 3.05) is 0 Å². The van der Waals surface area contributed by atoms with Crippen LogP contribution in [-0.2, 0) is 6.42 Å². The third-order valence-electron chi connectivity index (χ3n) is 9.88.